The maximum absolute atomic E-state index is 11.6. The largest absolute Gasteiger partial charge is 0.506 e. The third kappa shape index (κ3) is 11.1. The van der Waals surface area contributed by atoms with Crippen LogP contribution in [-0.2, 0) is 29.1 Å². The van der Waals surface area contributed by atoms with Gasteiger partial charge in [-0.1, -0.05) is 30.3 Å². The Morgan fingerprint density at radius 1 is 0.773 bits per heavy atom. The van der Waals surface area contributed by atoms with Crippen LogP contribution in [0.25, 0.3) is 0 Å². The van der Waals surface area contributed by atoms with Gasteiger partial charge in [-0.3, -0.25) is 4.72 Å². The highest BCUT2D eigenvalue weighted by molar-refractivity contribution is 7.92. The van der Waals surface area contributed by atoms with Gasteiger partial charge >= 0.3 is 11.9 Å². The molecule has 13 heteroatoms. The van der Waals surface area contributed by atoms with Crippen molar-refractivity contribution in [1.29, 1.82) is 0 Å². The van der Waals surface area contributed by atoms with Gasteiger partial charge in [-0.05, 0) is 66.9 Å². The molecule has 12 nitrogen and oxygen atoms in total. The number of hydrogen-bond acceptors (Lipinski definition) is 11. The molecule has 0 saturated heterocycles. The summed E-state index contributed by atoms with van der Waals surface area (Å²) < 4.78 is 46.3. The van der Waals surface area contributed by atoms with Crippen molar-refractivity contribution in [3.05, 3.63) is 83.4 Å². The van der Waals surface area contributed by atoms with Crippen molar-refractivity contribution in [3.8, 4) is 17.2 Å². The Morgan fingerprint density at radius 2 is 1.25 bits per heavy atom. The van der Waals surface area contributed by atoms with Gasteiger partial charge < -0.3 is 34.5 Å². The van der Waals surface area contributed by atoms with Gasteiger partial charge in [-0.15, -0.1) is 0 Å². The summed E-state index contributed by atoms with van der Waals surface area (Å²) in [5.41, 5.74) is 2.21. The summed E-state index contributed by atoms with van der Waals surface area (Å²) in [6.45, 7) is 4.08. The quantitative estimate of drug-likeness (QED) is 0.128. The highest BCUT2D eigenvalue weighted by atomic mass is 32.2. The van der Waals surface area contributed by atoms with Crippen LogP contribution in [-0.4, -0.2) is 76.3 Å². The first-order valence-corrected chi connectivity index (χ1v) is 15.8. The molecule has 0 fully saturated rings. The van der Waals surface area contributed by atoms with Crippen LogP contribution in [0.2, 0.25) is 0 Å². The number of phenols is 1. The lowest BCUT2D eigenvalue weighted by molar-refractivity contribution is -0.146. The highest BCUT2D eigenvalue weighted by Gasteiger charge is 2.18. The van der Waals surface area contributed by atoms with Crippen LogP contribution in [0.15, 0.2) is 66.7 Å². The number of anilines is 1. The van der Waals surface area contributed by atoms with E-state index in [1.165, 1.54) is 18.2 Å². The number of aliphatic hydroxyl groups excluding tert-OH is 1. The van der Waals surface area contributed by atoms with Gasteiger partial charge in [0.05, 0.1) is 31.3 Å². The molecule has 0 aliphatic rings. The molecule has 0 heterocycles. The molecule has 1 atom stereocenters. The maximum atomic E-state index is 11.6. The second-order valence-corrected chi connectivity index (χ2v) is 11.5. The predicted octanol–water partition coefficient (Wildman–Crippen LogP) is 3.10. The van der Waals surface area contributed by atoms with Crippen LogP contribution < -0.4 is 19.5 Å². The Balaban J connectivity index is 1.74. The Bertz CT molecular complexity index is 1410. The van der Waals surface area contributed by atoms with Gasteiger partial charge in [0.15, 0.2) is 13.2 Å². The smallest absolute Gasteiger partial charge is 0.344 e. The first-order chi connectivity index (χ1) is 21.0. The van der Waals surface area contributed by atoms with Crippen LogP contribution in [0.1, 0.15) is 42.6 Å². The normalized spacial score (nSPS) is 11.9. The average molecular weight is 631 g/mol. The monoisotopic (exact) mass is 630 g/mol. The fourth-order valence-electron chi connectivity index (χ4n) is 4.24. The summed E-state index contributed by atoms with van der Waals surface area (Å²) in [5.74, 6) is -0.382. The summed E-state index contributed by atoms with van der Waals surface area (Å²) in [7, 11) is -3.63. The molecular weight excluding hydrogens is 592 g/mol. The van der Waals surface area contributed by atoms with Gasteiger partial charge in [0, 0.05) is 19.0 Å². The minimum absolute atomic E-state index is 0.0301. The van der Waals surface area contributed by atoms with Crippen molar-refractivity contribution in [2.75, 3.05) is 50.5 Å². The number of carbonyl (C=O) groups is 2. The van der Waals surface area contributed by atoms with Crippen LogP contribution in [0, 0.1) is 0 Å². The number of hydrogen-bond donors (Lipinski definition) is 4. The molecule has 0 amide bonds. The lowest BCUT2D eigenvalue weighted by Gasteiger charge is -2.21. The fourth-order valence-corrected chi connectivity index (χ4v) is 4.80. The maximum Gasteiger partial charge on any atom is 0.344 e. The molecular formula is C31H38N2O10S. The second-order valence-electron chi connectivity index (χ2n) is 9.70. The molecule has 1 unspecified atom stereocenters. The first-order valence-electron chi connectivity index (χ1n) is 13.9. The van der Waals surface area contributed by atoms with Crippen molar-refractivity contribution in [1.82, 2.24) is 5.32 Å². The van der Waals surface area contributed by atoms with E-state index in [1.54, 1.807) is 38.1 Å². The zero-order valence-electron chi connectivity index (χ0n) is 24.8. The minimum Gasteiger partial charge on any atom is -0.506 e. The minimum atomic E-state index is -3.63. The van der Waals surface area contributed by atoms with Crippen molar-refractivity contribution in [3.63, 3.8) is 0 Å². The van der Waals surface area contributed by atoms with Gasteiger partial charge in [-0.2, -0.15) is 0 Å². The summed E-state index contributed by atoms with van der Waals surface area (Å²) >= 11 is 0. The van der Waals surface area contributed by atoms with Gasteiger partial charge in [-0.25, -0.2) is 18.0 Å². The number of rotatable bonds is 17. The molecule has 3 aromatic rings. The van der Waals surface area contributed by atoms with E-state index in [-0.39, 0.29) is 50.3 Å². The standard InChI is InChI=1S/C31H38N2O10S/c1-4-40-30(36)19-42-24-11-6-21(7-12-24)26(22-8-13-25(14-9-22)43-20-31(37)41-5-2)17-32-18-29(35)23-10-15-28(34)27(16-23)33-44(3,38)39/h6-16,26,29,32-35H,4-5,17-20H2,1-3H3. The fraction of sp³-hybridized carbons (Fsp3) is 0.355. The average Bonchev–Trinajstić information content (AvgIpc) is 2.98. The molecule has 0 radical (unpaired) electrons. The van der Waals surface area contributed by atoms with Crippen molar-refractivity contribution >= 4 is 27.6 Å². The number of benzene rings is 3. The molecule has 0 aliphatic carbocycles. The third-order valence-corrected chi connectivity index (χ3v) is 6.87. The van der Waals surface area contributed by atoms with Crippen LogP contribution >= 0.6 is 0 Å². The number of aliphatic hydroxyl groups is 1. The molecule has 3 rings (SSSR count). The zero-order chi connectivity index (χ0) is 32.1. The van der Waals surface area contributed by atoms with Gasteiger partial charge in [0.25, 0.3) is 0 Å². The van der Waals surface area contributed by atoms with E-state index in [0.29, 0.717) is 23.6 Å². The van der Waals surface area contributed by atoms with E-state index in [2.05, 4.69) is 10.0 Å². The van der Waals surface area contributed by atoms with Gasteiger partial charge in [0.2, 0.25) is 10.0 Å². The topological polar surface area (TPSA) is 170 Å². The second kappa shape index (κ2) is 16.5. The Morgan fingerprint density at radius 3 is 1.70 bits per heavy atom. The van der Waals surface area contributed by atoms with Crippen molar-refractivity contribution in [2.24, 2.45) is 0 Å². The molecule has 238 valence electrons. The number of carbonyl (C=O) groups excluding carboxylic acids is 2. The van der Waals surface area contributed by atoms with Crippen molar-refractivity contribution in [2.45, 2.75) is 25.9 Å². The Labute approximate surface area is 257 Å². The van der Waals surface area contributed by atoms with Crippen molar-refractivity contribution < 1.29 is 47.2 Å². The van der Waals surface area contributed by atoms with Crippen LogP contribution in [0.3, 0.4) is 0 Å². The number of sulfonamides is 1. The number of ether oxygens (including phenoxy) is 4. The van der Waals surface area contributed by atoms with Crippen LogP contribution in [0.5, 0.6) is 17.2 Å². The molecule has 4 N–H and O–H groups in total. The molecule has 0 spiro atoms. The molecule has 44 heavy (non-hydrogen) atoms. The highest BCUT2D eigenvalue weighted by Crippen LogP contribution is 2.29. The summed E-state index contributed by atoms with van der Waals surface area (Å²) in [6, 6.07) is 18.7. The van der Waals surface area contributed by atoms with Crippen LogP contribution in [0.4, 0.5) is 5.69 Å². The summed E-state index contributed by atoms with van der Waals surface area (Å²) in [5, 5.41) is 24.1. The predicted molar refractivity (Wildman–Crippen MR) is 163 cm³/mol. The van der Waals surface area contributed by atoms with E-state index >= 15 is 0 Å². The zero-order valence-corrected chi connectivity index (χ0v) is 25.6. The third-order valence-electron chi connectivity index (χ3n) is 6.28. The number of esters is 2. The lowest BCUT2D eigenvalue weighted by atomic mass is 9.91. The summed E-state index contributed by atoms with van der Waals surface area (Å²) in [4.78, 5) is 23.3. The van der Waals surface area contributed by atoms with E-state index < -0.39 is 28.1 Å². The Hall–Kier alpha value is -4.33. The molecule has 0 aliphatic heterocycles. The first kappa shape index (κ1) is 34.2. The molecule has 0 saturated carbocycles. The summed E-state index contributed by atoms with van der Waals surface area (Å²) in [6.07, 6.45) is -0.0382. The SMILES string of the molecule is CCOC(=O)COc1ccc(C(CNCC(O)c2ccc(O)c(NS(C)(=O)=O)c2)c2ccc(OCC(=O)OCC)cc2)cc1. The lowest BCUT2D eigenvalue weighted by Crippen LogP contribution is -2.27. The molecule has 3 aromatic carbocycles. The van der Waals surface area contributed by atoms with E-state index in [0.717, 1.165) is 17.4 Å². The van der Waals surface area contributed by atoms with E-state index in [1.807, 2.05) is 24.3 Å². The number of aromatic hydroxyl groups is 1. The van der Waals surface area contributed by atoms with E-state index in [4.69, 9.17) is 18.9 Å². The number of phenolic OH excluding ortho intramolecular Hbond substituents is 1. The van der Waals surface area contributed by atoms with E-state index in [9.17, 15) is 28.2 Å². The van der Waals surface area contributed by atoms with Gasteiger partial charge in [0.1, 0.15) is 17.2 Å². The molecule has 0 bridgehead atoms. The Kier molecular flexibility index (Phi) is 12.8. The molecule has 0 aromatic heterocycles. The number of nitrogens with one attached hydrogen (secondary N) is 2.